The van der Waals surface area contributed by atoms with Crippen molar-refractivity contribution in [1.29, 1.82) is 0 Å². The number of hydrogen-bond donors (Lipinski definition) is 4. The van der Waals surface area contributed by atoms with Crippen LogP contribution in [0.4, 0.5) is 0 Å². The largest absolute Gasteiger partial charge is 0.497 e. The molecule has 1 aromatic carbocycles. The van der Waals surface area contributed by atoms with Gasteiger partial charge in [-0.1, -0.05) is 19.1 Å². The number of amides is 3. The number of ether oxygens (including phenoxy) is 1. The number of methoxy groups -OCH3 is 1. The summed E-state index contributed by atoms with van der Waals surface area (Å²) in [6.45, 7) is 5.73. The van der Waals surface area contributed by atoms with E-state index < -0.39 is 18.1 Å². The van der Waals surface area contributed by atoms with E-state index in [4.69, 9.17) is 4.74 Å². The molecule has 9 nitrogen and oxygen atoms in total. The molecule has 2 saturated heterocycles. The molecule has 3 aliphatic rings. The van der Waals surface area contributed by atoms with Gasteiger partial charge in [0, 0.05) is 31.0 Å². The van der Waals surface area contributed by atoms with Gasteiger partial charge in [-0.25, -0.2) is 4.99 Å². The minimum atomic E-state index is -0.854. The van der Waals surface area contributed by atoms with E-state index in [0.717, 1.165) is 24.2 Å². The van der Waals surface area contributed by atoms with Gasteiger partial charge in [0.15, 0.2) is 0 Å². The minimum absolute atomic E-state index is 0.159. The minimum Gasteiger partial charge on any atom is -0.497 e. The molecule has 9 heteroatoms. The SMILES string of the molecule is C=[NH+][C@@H](CC)C(=O)N[C@@H]1C(=O)N2[C@H](C(=O)NCCc3ccc(OC)cc3)CCC23C[C@@H]3C[C@@H]1CO. The predicted octanol–water partition coefficient (Wildman–Crippen LogP) is -0.840. The second-order valence-corrected chi connectivity index (χ2v) is 9.99. The zero-order valence-corrected chi connectivity index (χ0v) is 20.6. The van der Waals surface area contributed by atoms with Crippen LogP contribution in [-0.4, -0.2) is 78.4 Å². The van der Waals surface area contributed by atoms with E-state index in [2.05, 4.69) is 22.3 Å². The lowest BCUT2D eigenvalue weighted by molar-refractivity contribution is -0.478. The molecule has 6 atom stereocenters. The molecule has 4 rings (SSSR count). The summed E-state index contributed by atoms with van der Waals surface area (Å²) in [7, 11) is 1.62. The smallest absolute Gasteiger partial charge is 0.289 e. The number of carbonyl (C=O) groups is 3. The summed E-state index contributed by atoms with van der Waals surface area (Å²) in [6.07, 6.45) is 4.09. The number of aliphatic hydroxyl groups excluding tert-OH is 1. The van der Waals surface area contributed by atoms with Gasteiger partial charge in [0.05, 0.1) is 7.11 Å². The molecular formula is C26H37N4O5+. The van der Waals surface area contributed by atoms with Crippen LogP contribution in [-0.2, 0) is 20.8 Å². The van der Waals surface area contributed by atoms with Gasteiger partial charge >= 0.3 is 0 Å². The number of carbonyl (C=O) groups excluding carboxylic acids is 3. The fourth-order valence-electron chi connectivity index (χ4n) is 5.97. The van der Waals surface area contributed by atoms with E-state index in [1.54, 1.807) is 12.0 Å². The first-order valence-electron chi connectivity index (χ1n) is 12.6. The number of rotatable bonds is 10. The zero-order valence-electron chi connectivity index (χ0n) is 20.6. The van der Waals surface area contributed by atoms with E-state index >= 15 is 0 Å². The van der Waals surface area contributed by atoms with E-state index in [1.807, 2.05) is 31.2 Å². The Bertz CT molecular complexity index is 967. The molecule has 2 aliphatic heterocycles. The summed E-state index contributed by atoms with van der Waals surface area (Å²) in [6, 6.07) is 5.77. The predicted molar refractivity (Wildman–Crippen MR) is 130 cm³/mol. The number of aliphatic hydroxyl groups is 1. The summed E-state index contributed by atoms with van der Waals surface area (Å²) in [5.74, 6) is -0.0784. The summed E-state index contributed by atoms with van der Waals surface area (Å²) in [5, 5.41) is 15.9. The molecule has 0 aromatic heterocycles. The second kappa shape index (κ2) is 10.4. The molecule has 1 aliphatic carbocycles. The monoisotopic (exact) mass is 485 g/mol. The van der Waals surface area contributed by atoms with Crippen LogP contribution in [0.2, 0.25) is 0 Å². The van der Waals surface area contributed by atoms with Crippen molar-refractivity contribution in [3.63, 3.8) is 0 Å². The van der Waals surface area contributed by atoms with Crippen molar-refractivity contribution in [2.45, 2.75) is 69.1 Å². The molecule has 0 radical (unpaired) electrons. The van der Waals surface area contributed by atoms with Gasteiger partial charge in [0.2, 0.25) is 17.9 Å². The Morgan fingerprint density at radius 1 is 1.34 bits per heavy atom. The highest BCUT2D eigenvalue weighted by Crippen LogP contribution is 2.61. The fourth-order valence-corrected chi connectivity index (χ4v) is 5.97. The maximum Gasteiger partial charge on any atom is 0.289 e. The summed E-state index contributed by atoms with van der Waals surface area (Å²) < 4.78 is 5.18. The van der Waals surface area contributed by atoms with Gasteiger partial charge in [-0.2, -0.15) is 0 Å². The molecule has 4 N–H and O–H groups in total. The van der Waals surface area contributed by atoms with Crippen LogP contribution in [0.1, 0.15) is 44.6 Å². The third kappa shape index (κ3) is 4.78. The third-order valence-electron chi connectivity index (χ3n) is 8.08. The Kier molecular flexibility index (Phi) is 7.44. The van der Waals surface area contributed by atoms with Gasteiger partial charge in [-0.3, -0.25) is 14.4 Å². The maximum absolute atomic E-state index is 13.8. The number of benzene rings is 1. The van der Waals surface area contributed by atoms with Crippen molar-refractivity contribution in [2.75, 3.05) is 20.3 Å². The quantitative estimate of drug-likeness (QED) is 0.322. The Morgan fingerprint density at radius 3 is 2.71 bits per heavy atom. The molecule has 1 aromatic rings. The first-order chi connectivity index (χ1) is 16.9. The number of nitrogens with zero attached hydrogens (tertiary/aromatic N) is 1. The summed E-state index contributed by atoms with van der Waals surface area (Å²) in [5.41, 5.74) is 0.761. The number of hydrogen-bond acceptors (Lipinski definition) is 5. The van der Waals surface area contributed by atoms with Crippen LogP contribution in [0.15, 0.2) is 24.3 Å². The summed E-state index contributed by atoms with van der Waals surface area (Å²) in [4.78, 5) is 44.2. The average Bonchev–Trinajstić information content (AvgIpc) is 3.43. The Morgan fingerprint density at radius 2 is 2.09 bits per heavy atom. The second-order valence-electron chi connectivity index (χ2n) is 9.99. The van der Waals surface area contributed by atoms with Gasteiger partial charge in [0.1, 0.15) is 24.6 Å². The lowest BCUT2D eigenvalue weighted by atomic mass is 9.93. The van der Waals surface area contributed by atoms with E-state index in [1.165, 1.54) is 0 Å². The van der Waals surface area contributed by atoms with Crippen molar-refractivity contribution in [3.8, 4) is 5.75 Å². The first kappa shape index (κ1) is 25.2. The molecular weight excluding hydrogens is 448 g/mol. The molecule has 3 amide bonds. The van der Waals surface area contributed by atoms with E-state index in [-0.39, 0.29) is 41.7 Å². The van der Waals surface area contributed by atoms with E-state index in [9.17, 15) is 19.5 Å². The lowest BCUT2D eigenvalue weighted by Gasteiger charge is -2.33. The standard InChI is InChI=1S/C26H36N4O5/c1-4-20(27-2)23(32)29-22-17(15-31)13-18-14-26(18)11-9-21(30(26)25(22)34)24(33)28-12-10-16-5-7-19(35-3)8-6-16/h5-8,17-18,20-22,31H,2,4,9-15H2,1,3H3,(H,28,33)(H,29,32)/p+1/t17-,18+,20+,21+,22+,26?/m1/s1. The zero-order chi connectivity index (χ0) is 25.2. The molecule has 1 spiro atoms. The van der Waals surface area contributed by atoms with Gasteiger partial charge in [0.25, 0.3) is 5.91 Å². The lowest BCUT2D eigenvalue weighted by Crippen LogP contribution is -2.79. The van der Waals surface area contributed by atoms with Crippen LogP contribution in [0.5, 0.6) is 5.75 Å². The average molecular weight is 486 g/mol. The van der Waals surface area contributed by atoms with Crippen LogP contribution in [0.25, 0.3) is 0 Å². The van der Waals surface area contributed by atoms with Crippen LogP contribution in [0.3, 0.4) is 0 Å². The first-order valence-corrected chi connectivity index (χ1v) is 12.6. The summed E-state index contributed by atoms with van der Waals surface area (Å²) >= 11 is 0. The van der Waals surface area contributed by atoms with Crippen molar-refractivity contribution in [3.05, 3.63) is 29.8 Å². The normalized spacial score (nSPS) is 29.9. The highest BCUT2D eigenvalue weighted by Gasteiger charge is 2.68. The van der Waals surface area contributed by atoms with E-state index in [0.29, 0.717) is 32.2 Å². The molecule has 0 bridgehead atoms. The van der Waals surface area contributed by atoms with Crippen LogP contribution < -0.4 is 20.4 Å². The topological polar surface area (TPSA) is 122 Å². The highest BCUT2D eigenvalue weighted by molar-refractivity contribution is 5.94. The Hall–Kier alpha value is -2.94. The van der Waals surface area contributed by atoms with Crippen molar-refractivity contribution < 1.29 is 29.2 Å². The molecule has 190 valence electrons. The molecule has 1 unspecified atom stereocenters. The molecule has 35 heavy (non-hydrogen) atoms. The molecule has 3 fully saturated rings. The fraction of sp³-hybridized carbons (Fsp3) is 0.615. The maximum atomic E-state index is 13.8. The molecule has 2 heterocycles. The number of nitrogens with one attached hydrogen (secondary N) is 3. The van der Waals surface area contributed by atoms with Gasteiger partial charge in [-0.15, -0.1) is 0 Å². The highest BCUT2D eigenvalue weighted by atomic mass is 16.5. The van der Waals surface area contributed by atoms with Crippen LogP contribution in [0, 0.1) is 11.8 Å². The third-order valence-corrected chi connectivity index (χ3v) is 8.08. The van der Waals surface area contributed by atoms with Gasteiger partial charge < -0.3 is 25.4 Å². The Balaban J connectivity index is 1.45. The van der Waals surface area contributed by atoms with Crippen molar-refractivity contribution >= 4 is 24.4 Å². The van der Waals surface area contributed by atoms with Crippen molar-refractivity contribution in [2.24, 2.45) is 11.8 Å². The Labute approximate surface area is 206 Å². The van der Waals surface area contributed by atoms with Crippen LogP contribution >= 0.6 is 0 Å². The van der Waals surface area contributed by atoms with Crippen molar-refractivity contribution in [1.82, 2.24) is 15.5 Å². The molecule has 1 saturated carbocycles. The van der Waals surface area contributed by atoms with Gasteiger partial charge in [-0.05, 0) is 55.7 Å².